The summed E-state index contributed by atoms with van der Waals surface area (Å²) in [5.41, 5.74) is 6.43. The van der Waals surface area contributed by atoms with E-state index in [1.54, 1.807) is 0 Å². The average Bonchev–Trinajstić information content (AvgIpc) is 3.18. The molecule has 20 heavy (non-hydrogen) atoms. The Morgan fingerprint density at radius 1 is 1.45 bits per heavy atom. The second kappa shape index (κ2) is 5.22. The minimum atomic E-state index is -4.33. The summed E-state index contributed by atoms with van der Waals surface area (Å²) in [5, 5.41) is 2.43. The number of nitrogens with two attached hydrogens (primary N) is 1. The minimum absolute atomic E-state index is 0.179. The maximum Gasteiger partial charge on any atom is 0.405 e. The van der Waals surface area contributed by atoms with Crippen molar-refractivity contribution in [3.8, 4) is 0 Å². The Morgan fingerprint density at radius 2 is 2.10 bits per heavy atom. The SMILES string of the molecule is CNC(=O)c1ccc(N)cc1N(CC(F)(F)F)C1CC1. The van der Waals surface area contributed by atoms with Gasteiger partial charge in [0.05, 0.1) is 11.3 Å². The highest BCUT2D eigenvalue weighted by Gasteiger charge is 2.39. The second-order valence-corrected chi connectivity index (χ2v) is 4.83. The zero-order valence-electron chi connectivity index (χ0n) is 11.0. The van der Waals surface area contributed by atoms with E-state index in [-0.39, 0.29) is 17.3 Å². The van der Waals surface area contributed by atoms with E-state index in [9.17, 15) is 18.0 Å². The van der Waals surface area contributed by atoms with Crippen LogP contribution in [0.25, 0.3) is 0 Å². The lowest BCUT2D eigenvalue weighted by atomic mass is 10.1. The van der Waals surface area contributed by atoms with Crippen LogP contribution in [-0.4, -0.2) is 31.7 Å². The number of carbonyl (C=O) groups excluding carboxylic acids is 1. The molecule has 1 aromatic carbocycles. The molecule has 1 aliphatic carbocycles. The summed E-state index contributed by atoms with van der Waals surface area (Å²) in [6, 6.07) is 4.21. The van der Waals surface area contributed by atoms with E-state index in [2.05, 4.69) is 5.32 Å². The molecule has 0 aromatic heterocycles. The van der Waals surface area contributed by atoms with Gasteiger partial charge in [-0.2, -0.15) is 13.2 Å². The van der Waals surface area contributed by atoms with Crippen LogP contribution in [0, 0.1) is 0 Å². The summed E-state index contributed by atoms with van der Waals surface area (Å²) < 4.78 is 38.2. The Balaban J connectivity index is 2.41. The minimum Gasteiger partial charge on any atom is -0.399 e. The summed E-state index contributed by atoms with van der Waals surface area (Å²) in [4.78, 5) is 13.0. The molecule has 0 heterocycles. The van der Waals surface area contributed by atoms with E-state index in [0.29, 0.717) is 18.5 Å². The van der Waals surface area contributed by atoms with Gasteiger partial charge in [0.1, 0.15) is 6.54 Å². The van der Waals surface area contributed by atoms with Crippen LogP contribution in [0.3, 0.4) is 0 Å². The van der Waals surface area contributed by atoms with Gasteiger partial charge in [-0.05, 0) is 31.0 Å². The van der Waals surface area contributed by atoms with Gasteiger partial charge in [0.15, 0.2) is 0 Å². The first-order valence-corrected chi connectivity index (χ1v) is 6.27. The van der Waals surface area contributed by atoms with Gasteiger partial charge in [-0.25, -0.2) is 0 Å². The molecule has 1 aliphatic rings. The van der Waals surface area contributed by atoms with E-state index < -0.39 is 18.6 Å². The molecule has 7 heteroatoms. The van der Waals surface area contributed by atoms with Gasteiger partial charge in [-0.15, -0.1) is 0 Å². The third-order valence-electron chi connectivity index (χ3n) is 3.14. The first kappa shape index (κ1) is 14.5. The van der Waals surface area contributed by atoms with Gasteiger partial charge in [-0.1, -0.05) is 0 Å². The van der Waals surface area contributed by atoms with Crippen LogP contribution < -0.4 is 16.0 Å². The van der Waals surface area contributed by atoms with Gasteiger partial charge in [0.2, 0.25) is 0 Å². The van der Waals surface area contributed by atoms with Crippen LogP contribution in [0.5, 0.6) is 0 Å². The molecule has 0 unspecified atom stereocenters. The van der Waals surface area contributed by atoms with Crippen LogP contribution >= 0.6 is 0 Å². The topological polar surface area (TPSA) is 58.4 Å². The number of alkyl halides is 3. The number of nitrogens with zero attached hydrogens (tertiary/aromatic N) is 1. The molecule has 1 saturated carbocycles. The molecule has 1 aromatic rings. The van der Waals surface area contributed by atoms with E-state index in [1.165, 1.54) is 30.1 Å². The summed E-state index contributed by atoms with van der Waals surface area (Å²) >= 11 is 0. The number of benzene rings is 1. The van der Waals surface area contributed by atoms with E-state index in [4.69, 9.17) is 5.73 Å². The Bertz CT molecular complexity index is 512. The molecular formula is C13H16F3N3O. The van der Waals surface area contributed by atoms with Crippen LogP contribution in [0.4, 0.5) is 24.5 Å². The lowest BCUT2D eigenvalue weighted by molar-refractivity contribution is -0.120. The highest BCUT2D eigenvalue weighted by molar-refractivity contribution is 6.00. The summed E-state index contributed by atoms with van der Waals surface area (Å²) in [6.07, 6.45) is -2.94. The molecule has 2 rings (SSSR count). The van der Waals surface area contributed by atoms with Crippen molar-refractivity contribution in [1.29, 1.82) is 0 Å². The maximum absolute atomic E-state index is 12.7. The second-order valence-electron chi connectivity index (χ2n) is 4.83. The van der Waals surface area contributed by atoms with Crippen molar-refractivity contribution >= 4 is 17.3 Å². The van der Waals surface area contributed by atoms with E-state index in [1.807, 2.05) is 0 Å². The van der Waals surface area contributed by atoms with Crippen molar-refractivity contribution < 1.29 is 18.0 Å². The number of nitrogen functional groups attached to an aromatic ring is 1. The van der Waals surface area contributed by atoms with Crippen molar-refractivity contribution in [2.75, 3.05) is 24.2 Å². The van der Waals surface area contributed by atoms with Crippen molar-refractivity contribution in [2.45, 2.75) is 25.1 Å². The third kappa shape index (κ3) is 3.34. The zero-order valence-corrected chi connectivity index (χ0v) is 11.0. The first-order valence-electron chi connectivity index (χ1n) is 6.27. The molecule has 0 atom stereocenters. The van der Waals surface area contributed by atoms with Gasteiger partial charge in [0.25, 0.3) is 5.91 Å². The van der Waals surface area contributed by atoms with Crippen molar-refractivity contribution in [1.82, 2.24) is 5.32 Å². The van der Waals surface area contributed by atoms with Crippen molar-refractivity contribution in [3.63, 3.8) is 0 Å². The number of halogens is 3. The summed E-state index contributed by atoms with van der Waals surface area (Å²) in [5.74, 6) is -0.423. The fourth-order valence-corrected chi connectivity index (χ4v) is 2.10. The molecule has 0 aliphatic heterocycles. The van der Waals surface area contributed by atoms with E-state index >= 15 is 0 Å². The van der Waals surface area contributed by atoms with Crippen molar-refractivity contribution in [2.24, 2.45) is 0 Å². The lowest BCUT2D eigenvalue weighted by Crippen LogP contribution is -2.37. The Labute approximate surface area is 114 Å². The predicted molar refractivity (Wildman–Crippen MR) is 70.7 cm³/mol. The molecule has 0 spiro atoms. The molecule has 0 bridgehead atoms. The number of anilines is 2. The monoisotopic (exact) mass is 287 g/mol. The first-order chi connectivity index (χ1) is 9.31. The number of hydrogen-bond acceptors (Lipinski definition) is 3. The predicted octanol–water partition coefficient (Wildman–Crippen LogP) is 2.16. The largest absolute Gasteiger partial charge is 0.405 e. The number of nitrogens with one attached hydrogen (secondary N) is 1. The fraction of sp³-hybridized carbons (Fsp3) is 0.462. The molecule has 1 amide bonds. The summed E-state index contributed by atoms with van der Waals surface area (Å²) in [7, 11) is 1.44. The van der Waals surface area contributed by atoms with Gasteiger partial charge in [0, 0.05) is 18.8 Å². The number of hydrogen-bond donors (Lipinski definition) is 2. The Hall–Kier alpha value is -1.92. The number of amides is 1. The van der Waals surface area contributed by atoms with Gasteiger partial charge < -0.3 is 16.0 Å². The highest BCUT2D eigenvalue weighted by atomic mass is 19.4. The molecular weight excluding hydrogens is 271 g/mol. The van der Waals surface area contributed by atoms with Crippen molar-refractivity contribution in [3.05, 3.63) is 23.8 Å². The van der Waals surface area contributed by atoms with Gasteiger partial charge in [-0.3, -0.25) is 4.79 Å². The van der Waals surface area contributed by atoms with Crippen LogP contribution in [-0.2, 0) is 0 Å². The summed E-state index contributed by atoms with van der Waals surface area (Å²) in [6.45, 7) is -1.08. The zero-order chi connectivity index (χ0) is 14.9. The normalized spacial score (nSPS) is 15.0. The van der Waals surface area contributed by atoms with Gasteiger partial charge >= 0.3 is 6.18 Å². The standard InChI is InChI=1S/C13H16F3N3O/c1-18-12(20)10-5-2-8(17)6-11(10)19(9-3-4-9)7-13(14,15)16/h2,5-6,9H,3-4,7,17H2,1H3,(H,18,20). The fourth-order valence-electron chi connectivity index (χ4n) is 2.10. The maximum atomic E-state index is 12.7. The molecule has 0 radical (unpaired) electrons. The van der Waals surface area contributed by atoms with Crippen LogP contribution in [0.15, 0.2) is 18.2 Å². The number of carbonyl (C=O) groups is 1. The van der Waals surface area contributed by atoms with Crippen LogP contribution in [0.1, 0.15) is 23.2 Å². The molecule has 0 saturated heterocycles. The third-order valence-corrected chi connectivity index (χ3v) is 3.14. The highest BCUT2D eigenvalue weighted by Crippen LogP contribution is 2.36. The molecule has 4 nitrogen and oxygen atoms in total. The smallest absolute Gasteiger partial charge is 0.399 e. The molecule has 1 fully saturated rings. The Morgan fingerprint density at radius 3 is 2.60 bits per heavy atom. The number of rotatable bonds is 4. The molecule has 110 valence electrons. The van der Waals surface area contributed by atoms with Crippen LogP contribution in [0.2, 0.25) is 0 Å². The van der Waals surface area contributed by atoms with E-state index in [0.717, 1.165) is 0 Å². The quantitative estimate of drug-likeness (QED) is 0.834. The average molecular weight is 287 g/mol. The molecule has 3 N–H and O–H groups in total. The lowest BCUT2D eigenvalue weighted by Gasteiger charge is -2.28. The Kier molecular flexibility index (Phi) is 3.78.